The van der Waals surface area contributed by atoms with Crippen molar-refractivity contribution < 1.29 is 19.0 Å². The standard InChI is InChI=1S/C16H14O5/c1-8-4-11(17)15-12(18)6-9-5-10(19-2)7-13(20-3)14(9)16(15)21-8/h4-7,18H,1-3H3. The van der Waals surface area contributed by atoms with E-state index >= 15 is 0 Å². The maximum atomic E-state index is 12.1. The summed E-state index contributed by atoms with van der Waals surface area (Å²) in [6.07, 6.45) is 0. The molecule has 1 heterocycles. The Balaban J connectivity index is 2.61. The van der Waals surface area contributed by atoms with Gasteiger partial charge in [0.2, 0.25) is 0 Å². The molecular formula is C16H14O5. The molecule has 0 aliphatic rings. The summed E-state index contributed by atoms with van der Waals surface area (Å²) in [5, 5.41) is 11.6. The summed E-state index contributed by atoms with van der Waals surface area (Å²) in [6.45, 7) is 1.69. The lowest BCUT2D eigenvalue weighted by Crippen LogP contribution is -2.01. The Morgan fingerprint density at radius 1 is 1.05 bits per heavy atom. The molecule has 2 aromatic carbocycles. The normalized spacial score (nSPS) is 11.0. The van der Waals surface area contributed by atoms with Gasteiger partial charge in [-0.1, -0.05) is 0 Å². The van der Waals surface area contributed by atoms with Crippen LogP contribution >= 0.6 is 0 Å². The molecule has 0 aliphatic heterocycles. The van der Waals surface area contributed by atoms with E-state index in [0.717, 1.165) is 0 Å². The number of fused-ring (bicyclic) bond motifs is 3. The number of benzene rings is 2. The minimum atomic E-state index is -0.286. The first-order valence-electron chi connectivity index (χ1n) is 6.37. The van der Waals surface area contributed by atoms with Gasteiger partial charge in [0.15, 0.2) is 11.0 Å². The fourth-order valence-electron chi connectivity index (χ4n) is 2.49. The van der Waals surface area contributed by atoms with E-state index in [1.807, 2.05) is 0 Å². The van der Waals surface area contributed by atoms with Crippen LogP contribution in [0.3, 0.4) is 0 Å². The number of ether oxygens (including phenoxy) is 2. The Bertz CT molecular complexity index is 908. The Labute approximate surface area is 120 Å². The highest BCUT2D eigenvalue weighted by Crippen LogP contribution is 2.39. The van der Waals surface area contributed by atoms with Crippen molar-refractivity contribution in [3.8, 4) is 17.2 Å². The van der Waals surface area contributed by atoms with Crippen LogP contribution in [0.5, 0.6) is 17.2 Å². The molecule has 108 valence electrons. The van der Waals surface area contributed by atoms with Crippen molar-refractivity contribution in [2.24, 2.45) is 0 Å². The Kier molecular flexibility index (Phi) is 2.97. The maximum Gasteiger partial charge on any atom is 0.196 e. The van der Waals surface area contributed by atoms with Crippen molar-refractivity contribution >= 4 is 21.7 Å². The molecule has 21 heavy (non-hydrogen) atoms. The van der Waals surface area contributed by atoms with Crippen molar-refractivity contribution in [1.82, 2.24) is 0 Å². The quantitative estimate of drug-likeness (QED) is 0.733. The average molecular weight is 286 g/mol. The van der Waals surface area contributed by atoms with Crippen LogP contribution in [-0.2, 0) is 0 Å². The van der Waals surface area contributed by atoms with Gasteiger partial charge in [0.25, 0.3) is 0 Å². The van der Waals surface area contributed by atoms with Crippen molar-refractivity contribution in [2.45, 2.75) is 6.92 Å². The minimum absolute atomic E-state index is 0.124. The third-order valence-corrected chi connectivity index (χ3v) is 3.41. The molecule has 0 saturated heterocycles. The predicted molar refractivity (Wildman–Crippen MR) is 79.5 cm³/mol. The smallest absolute Gasteiger partial charge is 0.196 e. The van der Waals surface area contributed by atoms with Gasteiger partial charge in [-0.2, -0.15) is 0 Å². The Hall–Kier alpha value is -2.69. The van der Waals surface area contributed by atoms with Gasteiger partial charge in [-0.05, 0) is 24.4 Å². The number of rotatable bonds is 2. The number of phenols is 1. The summed E-state index contributed by atoms with van der Waals surface area (Å²) in [4.78, 5) is 12.1. The van der Waals surface area contributed by atoms with Crippen LogP contribution in [0.25, 0.3) is 21.7 Å². The fourth-order valence-corrected chi connectivity index (χ4v) is 2.49. The first-order valence-corrected chi connectivity index (χ1v) is 6.37. The van der Waals surface area contributed by atoms with Crippen LogP contribution in [0.2, 0.25) is 0 Å². The molecule has 5 heteroatoms. The van der Waals surface area contributed by atoms with Crippen LogP contribution in [0.4, 0.5) is 0 Å². The number of aromatic hydroxyl groups is 1. The lowest BCUT2D eigenvalue weighted by Gasteiger charge is -2.11. The molecular weight excluding hydrogens is 272 g/mol. The Morgan fingerprint density at radius 2 is 1.81 bits per heavy atom. The Morgan fingerprint density at radius 3 is 2.48 bits per heavy atom. The highest BCUT2D eigenvalue weighted by Gasteiger charge is 2.16. The molecule has 0 amide bonds. The number of phenolic OH excluding ortho intramolecular Hbond substituents is 1. The zero-order valence-corrected chi connectivity index (χ0v) is 11.9. The van der Waals surface area contributed by atoms with E-state index in [1.54, 1.807) is 26.2 Å². The van der Waals surface area contributed by atoms with Crippen molar-refractivity contribution in [3.05, 3.63) is 40.2 Å². The van der Waals surface area contributed by atoms with Gasteiger partial charge in [-0.15, -0.1) is 0 Å². The van der Waals surface area contributed by atoms with Gasteiger partial charge < -0.3 is 19.0 Å². The van der Waals surface area contributed by atoms with Crippen LogP contribution in [-0.4, -0.2) is 19.3 Å². The first-order chi connectivity index (χ1) is 10.0. The average Bonchev–Trinajstić information content (AvgIpc) is 2.44. The lowest BCUT2D eigenvalue weighted by molar-refractivity contribution is 0.397. The number of hydrogen-bond donors (Lipinski definition) is 1. The highest BCUT2D eigenvalue weighted by atomic mass is 16.5. The zero-order chi connectivity index (χ0) is 15.1. The third kappa shape index (κ3) is 1.98. The molecule has 0 fully saturated rings. The summed E-state index contributed by atoms with van der Waals surface area (Å²) >= 11 is 0. The topological polar surface area (TPSA) is 68.9 Å². The minimum Gasteiger partial charge on any atom is -0.507 e. The van der Waals surface area contributed by atoms with Crippen molar-refractivity contribution in [1.29, 1.82) is 0 Å². The molecule has 0 unspecified atom stereocenters. The summed E-state index contributed by atoms with van der Waals surface area (Å²) in [6, 6.07) is 6.32. The second-order valence-electron chi connectivity index (χ2n) is 4.75. The second kappa shape index (κ2) is 4.70. The molecule has 1 aromatic heterocycles. The molecule has 0 bridgehead atoms. The van der Waals surface area contributed by atoms with Gasteiger partial charge in [-0.25, -0.2) is 0 Å². The van der Waals surface area contributed by atoms with Gasteiger partial charge in [0, 0.05) is 12.1 Å². The van der Waals surface area contributed by atoms with E-state index in [2.05, 4.69) is 0 Å². The monoisotopic (exact) mass is 286 g/mol. The third-order valence-electron chi connectivity index (χ3n) is 3.41. The van der Waals surface area contributed by atoms with E-state index in [4.69, 9.17) is 13.9 Å². The maximum absolute atomic E-state index is 12.1. The molecule has 0 aliphatic carbocycles. The van der Waals surface area contributed by atoms with Gasteiger partial charge in [0.05, 0.1) is 19.6 Å². The van der Waals surface area contributed by atoms with Crippen LogP contribution in [0.1, 0.15) is 5.76 Å². The number of aryl methyl sites for hydroxylation is 1. The van der Waals surface area contributed by atoms with E-state index in [1.165, 1.54) is 19.2 Å². The molecule has 1 N–H and O–H groups in total. The summed E-state index contributed by atoms with van der Waals surface area (Å²) in [7, 11) is 3.08. The van der Waals surface area contributed by atoms with Crippen LogP contribution in [0, 0.1) is 6.92 Å². The van der Waals surface area contributed by atoms with E-state index < -0.39 is 0 Å². The van der Waals surface area contributed by atoms with E-state index in [0.29, 0.717) is 33.6 Å². The molecule has 3 aromatic rings. The summed E-state index contributed by atoms with van der Waals surface area (Å²) in [5.41, 5.74) is 0.0283. The molecule has 0 atom stereocenters. The molecule has 3 rings (SSSR count). The fraction of sp³-hybridized carbons (Fsp3) is 0.188. The number of methoxy groups -OCH3 is 2. The second-order valence-corrected chi connectivity index (χ2v) is 4.75. The zero-order valence-electron chi connectivity index (χ0n) is 11.9. The largest absolute Gasteiger partial charge is 0.507 e. The molecule has 0 saturated carbocycles. The molecule has 0 spiro atoms. The van der Waals surface area contributed by atoms with E-state index in [-0.39, 0.29) is 16.6 Å². The summed E-state index contributed by atoms with van der Waals surface area (Å²) < 4.78 is 16.3. The van der Waals surface area contributed by atoms with Crippen LogP contribution in [0.15, 0.2) is 33.5 Å². The highest BCUT2D eigenvalue weighted by molar-refractivity contribution is 6.10. The van der Waals surface area contributed by atoms with Crippen molar-refractivity contribution in [3.63, 3.8) is 0 Å². The predicted octanol–water partition coefficient (Wildman–Crippen LogP) is 2.98. The summed E-state index contributed by atoms with van der Waals surface area (Å²) in [5.74, 6) is 1.45. The number of hydrogen-bond acceptors (Lipinski definition) is 5. The molecule has 0 radical (unpaired) electrons. The lowest BCUT2D eigenvalue weighted by atomic mass is 10.0. The SMILES string of the molecule is COc1cc(OC)c2c(c1)cc(O)c1c(=O)cc(C)oc12. The van der Waals surface area contributed by atoms with Crippen LogP contribution < -0.4 is 14.9 Å². The van der Waals surface area contributed by atoms with Gasteiger partial charge in [-0.3, -0.25) is 4.79 Å². The van der Waals surface area contributed by atoms with E-state index in [9.17, 15) is 9.90 Å². The van der Waals surface area contributed by atoms with Crippen molar-refractivity contribution in [2.75, 3.05) is 14.2 Å². The molecule has 5 nitrogen and oxygen atoms in total. The first kappa shape index (κ1) is 13.3. The van der Waals surface area contributed by atoms with Gasteiger partial charge >= 0.3 is 0 Å². The van der Waals surface area contributed by atoms with Gasteiger partial charge in [0.1, 0.15) is 28.4 Å².